The van der Waals surface area contributed by atoms with E-state index in [2.05, 4.69) is 42.4 Å². The number of halogens is 3. The van der Waals surface area contributed by atoms with Crippen LogP contribution < -0.4 is 20.9 Å². The first-order chi connectivity index (χ1) is 19.6. The number of aromatic nitrogens is 3. The number of alkyl halides is 3. The van der Waals surface area contributed by atoms with Gasteiger partial charge in [-0.15, -0.1) is 0 Å². The van der Waals surface area contributed by atoms with Crippen molar-refractivity contribution in [2.45, 2.75) is 26.9 Å². The second-order valence-corrected chi connectivity index (χ2v) is 8.29. The minimum absolute atomic E-state index is 0.00561. The minimum atomic E-state index is -4.61. The number of nitrogens with one attached hydrogen (secondary N) is 3. The Bertz CT molecular complexity index is 1260. The van der Waals surface area contributed by atoms with Crippen LogP contribution in [-0.4, -0.2) is 64.9 Å². The number of likely N-dealkylation sites (N-methyl/N-ethyl adjacent to an activating group) is 1. The van der Waals surface area contributed by atoms with Crippen molar-refractivity contribution in [3.05, 3.63) is 73.1 Å². The van der Waals surface area contributed by atoms with Gasteiger partial charge in [0, 0.05) is 52.0 Å². The lowest BCUT2D eigenvalue weighted by molar-refractivity contribution is -0.137. The van der Waals surface area contributed by atoms with Crippen LogP contribution in [0.3, 0.4) is 0 Å². The standard InChI is InChI=1S/C22H22F3N7O.C4H7NO.C2H6/c1-15(33)31-9-11-32(12-10-31)19-8-7-17(13-26-19)29-21-27-14-18(22(23,24)25)20(30-21)28-16-5-3-2-4-6-16;1-3-4(6)5-2;1-2/h2-8,13-14H,9-12H2,1H3,(H2,27,28,29,30);3H,1H2,2H3,(H,5,6);1-2H3. The monoisotopic (exact) mass is 572 g/mol. The molecule has 3 aromatic rings. The van der Waals surface area contributed by atoms with Gasteiger partial charge in [0.2, 0.25) is 17.8 Å². The molecule has 0 bridgehead atoms. The maximum Gasteiger partial charge on any atom is 0.421 e. The van der Waals surface area contributed by atoms with E-state index in [4.69, 9.17) is 0 Å². The first kappa shape index (κ1) is 32.5. The Balaban J connectivity index is 0.000000654. The van der Waals surface area contributed by atoms with Crippen LogP contribution >= 0.6 is 0 Å². The van der Waals surface area contributed by atoms with Gasteiger partial charge in [0.15, 0.2) is 0 Å². The van der Waals surface area contributed by atoms with Crippen molar-refractivity contribution in [2.24, 2.45) is 0 Å². The molecule has 0 radical (unpaired) electrons. The number of nitrogens with zero attached hydrogens (tertiary/aromatic N) is 5. The number of benzene rings is 1. The summed E-state index contributed by atoms with van der Waals surface area (Å²) in [5.74, 6) is 0.323. The van der Waals surface area contributed by atoms with E-state index in [1.807, 2.05) is 13.8 Å². The average Bonchev–Trinajstić information content (AvgIpc) is 2.98. The molecule has 0 atom stereocenters. The number of carbonyl (C=O) groups is 2. The van der Waals surface area contributed by atoms with Crippen LogP contribution in [0, 0.1) is 0 Å². The second kappa shape index (κ2) is 15.8. The van der Waals surface area contributed by atoms with E-state index in [9.17, 15) is 22.8 Å². The molecule has 1 fully saturated rings. The van der Waals surface area contributed by atoms with E-state index >= 15 is 0 Å². The number of anilines is 5. The van der Waals surface area contributed by atoms with Gasteiger partial charge in [0.1, 0.15) is 17.2 Å². The van der Waals surface area contributed by atoms with Crippen LogP contribution in [0.15, 0.2) is 67.5 Å². The highest BCUT2D eigenvalue weighted by molar-refractivity contribution is 5.86. The lowest BCUT2D eigenvalue weighted by Gasteiger charge is -2.34. The number of hydrogen-bond acceptors (Lipinski definition) is 8. The normalized spacial score (nSPS) is 12.6. The van der Waals surface area contributed by atoms with Gasteiger partial charge in [-0.2, -0.15) is 18.2 Å². The zero-order chi connectivity index (χ0) is 30.4. The van der Waals surface area contributed by atoms with E-state index in [0.717, 1.165) is 12.0 Å². The van der Waals surface area contributed by atoms with Gasteiger partial charge in [-0.25, -0.2) is 9.97 Å². The minimum Gasteiger partial charge on any atom is -0.356 e. The molecule has 1 aliphatic heterocycles. The third-order valence-corrected chi connectivity index (χ3v) is 5.62. The SMILES string of the molecule is C=CC(=O)NC.CC.CC(=O)N1CCN(c2ccc(Nc3ncc(C(F)(F)F)c(Nc4ccccc4)n3)cn2)CC1. The summed E-state index contributed by atoms with van der Waals surface area (Å²) in [6, 6.07) is 12.0. The fraction of sp³-hybridized carbons (Fsp3) is 0.321. The van der Waals surface area contributed by atoms with E-state index < -0.39 is 11.7 Å². The third kappa shape index (κ3) is 10.1. The Labute approximate surface area is 237 Å². The predicted molar refractivity (Wildman–Crippen MR) is 154 cm³/mol. The van der Waals surface area contributed by atoms with Crippen LogP contribution in [0.25, 0.3) is 0 Å². The van der Waals surface area contributed by atoms with Crippen LogP contribution in [0.5, 0.6) is 0 Å². The molecular weight excluding hydrogens is 537 g/mol. The Kier molecular flexibility index (Phi) is 12.5. The summed E-state index contributed by atoms with van der Waals surface area (Å²) in [4.78, 5) is 37.6. The number of hydrogen-bond donors (Lipinski definition) is 3. The number of carbonyl (C=O) groups excluding carboxylic acids is 2. The number of para-hydroxylation sites is 1. The molecule has 13 heteroatoms. The molecule has 3 N–H and O–H groups in total. The molecule has 41 heavy (non-hydrogen) atoms. The van der Waals surface area contributed by atoms with Gasteiger partial charge in [-0.3, -0.25) is 9.59 Å². The van der Waals surface area contributed by atoms with Crippen molar-refractivity contribution >= 4 is 40.8 Å². The number of amides is 2. The Morgan fingerprint density at radius 3 is 2.07 bits per heavy atom. The van der Waals surface area contributed by atoms with Crippen LogP contribution in [0.2, 0.25) is 0 Å². The van der Waals surface area contributed by atoms with Crippen molar-refractivity contribution in [3.8, 4) is 0 Å². The quantitative estimate of drug-likeness (QED) is 0.354. The molecule has 0 unspecified atom stereocenters. The van der Waals surface area contributed by atoms with Gasteiger partial charge in [0.25, 0.3) is 0 Å². The fourth-order valence-electron chi connectivity index (χ4n) is 3.53. The first-order valence-corrected chi connectivity index (χ1v) is 12.9. The summed E-state index contributed by atoms with van der Waals surface area (Å²) in [5.41, 5.74) is 0.0464. The fourth-order valence-corrected chi connectivity index (χ4v) is 3.53. The van der Waals surface area contributed by atoms with Crippen molar-refractivity contribution < 1.29 is 22.8 Å². The molecule has 1 aliphatic rings. The summed E-state index contributed by atoms with van der Waals surface area (Å²) in [7, 11) is 1.56. The smallest absolute Gasteiger partial charge is 0.356 e. The molecule has 0 spiro atoms. The Morgan fingerprint density at radius 1 is 0.927 bits per heavy atom. The van der Waals surface area contributed by atoms with E-state index in [1.54, 1.807) is 67.5 Å². The van der Waals surface area contributed by atoms with Gasteiger partial charge in [-0.1, -0.05) is 38.6 Å². The Morgan fingerprint density at radius 2 is 1.59 bits per heavy atom. The van der Waals surface area contributed by atoms with Gasteiger partial charge >= 0.3 is 6.18 Å². The maximum atomic E-state index is 13.4. The molecule has 2 aromatic heterocycles. The average molecular weight is 573 g/mol. The summed E-state index contributed by atoms with van der Waals surface area (Å²) < 4.78 is 40.3. The topological polar surface area (TPSA) is 115 Å². The molecule has 220 valence electrons. The van der Waals surface area contributed by atoms with Crippen LogP contribution in [-0.2, 0) is 15.8 Å². The zero-order valence-electron chi connectivity index (χ0n) is 23.5. The molecule has 0 saturated carbocycles. The van der Waals surface area contributed by atoms with E-state index in [0.29, 0.717) is 37.6 Å². The van der Waals surface area contributed by atoms with Gasteiger partial charge in [-0.05, 0) is 30.3 Å². The lowest BCUT2D eigenvalue weighted by atomic mass is 10.2. The number of piperazine rings is 1. The highest BCUT2D eigenvalue weighted by Gasteiger charge is 2.35. The molecule has 1 aromatic carbocycles. The molecule has 0 aliphatic carbocycles. The molecular formula is C28H35F3N8O2. The van der Waals surface area contributed by atoms with Crippen molar-refractivity contribution in [1.82, 2.24) is 25.2 Å². The first-order valence-electron chi connectivity index (χ1n) is 12.9. The highest BCUT2D eigenvalue weighted by Crippen LogP contribution is 2.35. The predicted octanol–water partition coefficient (Wildman–Crippen LogP) is 4.99. The van der Waals surface area contributed by atoms with Gasteiger partial charge < -0.3 is 25.8 Å². The number of pyridine rings is 1. The van der Waals surface area contributed by atoms with Crippen molar-refractivity contribution in [3.63, 3.8) is 0 Å². The van der Waals surface area contributed by atoms with Gasteiger partial charge in [0.05, 0.1) is 11.9 Å². The summed E-state index contributed by atoms with van der Waals surface area (Å²) in [6.07, 6.45) is -1.07. The van der Waals surface area contributed by atoms with Crippen LogP contribution in [0.1, 0.15) is 26.3 Å². The largest absolute Gasteiger partial charge is 0.421 e. The molecule has 10 nitrogen and oxygen atoms in total. The molecule has 4 rings (SSSR count). The summed E-state index contributed by atoms with van der Waals surface area (Å²) in [5, 5.41) is 7.96. The second-order valence-electron chi connectivity index (χ2n) is 8.29. The van der Waals surface area contributed by atoms with Crippen molar-refractivity contribution in [2.75, 3.05) is 48.8 Å². The molecule has 3 heterocycles. The molecule has 1 saturated heterocycles. The Hall–Kier alpha value is -4.68. The summed E-state index contributed by atoms with van der Waals surface area (Å²) >= 11 is 0. The summed E-state index contributed by atoms with van der Waals surface area (Å²) in [6.45, 7) is 11.4. The van der Waals surface area contributed by atoms with E-state index in [-0.39, 0.29) is 23.6 Å². The maximum absolute atomic E-state index is 13.4. The van der Waals surface area contributed by atoms with E-state index in [1.165, 1.54) is 6.08 Å². The molecule has 2 amide bonds. The van der Waals surface area contributed by atoms with Crippen molar-refractivity contribution in [1.29, 1.82) is 0 Å². The lowest BCUT2D eigenvalue weighted by Crippen LogP contribution is -2.48. The third-order valence-electron chi connectivity index (χ3n) is 5.62. The number of rotatable bonds is 6. The zero-order valence-corrected chi connectivity index (χ0v) is 23.5. The van der Waals surface area contributed by atoms with Crippen LogP contribution in [0.4, 0.5) is 42.1 Å². The highest BCUT2D eigenvalue weighted by atomic mass is 19.4.